The molecule has 104 valence electrons. The number of hydrogen-bond donors (Lipinski definition) is 2. The van der Waals surface area contributed by atoms with Gasteiger partial charge in [-0.1, -0.05) is 32.0 Å². The van der Waals surface area contributed by atoms with Crippen molar-refractivity contribution in [2.45, 2.75) is 33.3 Å². The van der Waals surface area contributed by atoms with Gasteiger partial charge in [0.15, 0.2) is 5.78 Å². The highest BCUT2D eigenvalue weighted by atomic mass is 16.3. The highest BCUT2D eigenvalue weighted by molar-refractivity contribution is 6.07. The third kappa shape index (κ3) is 4.48. The number of amides is 1. The number of benzene rings is 1. The van der Waals surface area contributed by atoms with Crippen LogP contribution in [0.5, 0.6) is 0 Å². The van der Waals surface area contributed by atoms with Crippen LogP contribution in [0.1, 0.15) is 47.9 Å². The van der Waals surface area contributed by atoms with E-state index >= 15 is 0 Å². The summed E-state index contributed by atoms with van der Waals surface area (Å²) in [6.45, 7) is 5.69. The van der Waals surface area contributed by atoms with Crippen LogP contribution in [0, 0.1) is 5.92 Å². The first-order valence-electron chi connectivity index (χ1n) is 6.49. The third-order valence-corrected chi connectivity index (χ3v) is 3.05. The summed E-state index contributed by atoms with van der Waals surface area (Å²) >= 11 is 0. The number of aliphatic hydroxyl groups is 1. The molecule has 1 amide bonds. The van der Waals surface area contributed by atoms with Gasteiger partial charge >= 0.3 is 0 Å². The molecule has 0 fully saturated rings. The van der Waals surface area contributed by atoms with Crippen LogP contribution in [0.3, 0.4) is 0 Å². The molecular formula is C15H21NO3. The summed E-state index contributed by atoms with van der Waals surface area (Å²) < 4.78 is 0. The van der Waals surface area contributed by atoms with Crippen molar-refractivity contribution in [3.63, 3.8) is 0 Å². The molecule has 1 aromatic rings. The van der Waals surface area contributed by atoms with Crippen LogP contribution >= 0.6 is 0 Å². The molecule has 0 aromatic heterocycles. The van der Waals surface area contributed by atoms with E-state index in [0.717, 1.165) is 0 Å². The predicted molar refractivity (Wildman–Crippen MR) is 74.2 cm³/mol. The molecule has 1 atom stereocenters. The minimum Gasteiger partial charge on any atom is -0.393 e. The number of hydrogen-bond acceptors (Lipinski definition) is 3. The lowest BCUT2D eigenvalue weighted by atomic mass is 10.0. The molecule has 19 heavy (non-hydrogen) atoms. The Morgan fingerprint density at radius 3 is 2.32 bits per heavy atom. The Hall–Kier alpha value is -1.68. The van der Waals surface area contributed by atoms with Crippen LogP contribution in [0.25, 0.3) is 0 Å². The molecular weight excluding hydrogens is 242 g/mol. The van der Waals surface area contributed by atoms with E-state index in [1.807, 2.05) is 13.8 Å². The fraction of sp³-hybridized carbons (Fsp3) is 0.467. The van der Waals surface area contributed by atoms with Crippen molar-refractivity contribution in [1.29, 1.82) is 0 Å². The first-order chi connectivity index (χ1) is 8.93. The Balaban J connectivity index is 2.62. The largest absolute Gasteiger partial charge is 0.393 e. The van der Waals surface area contributed by atoms with E-state index in [0.29, 0.717) is 24.1 Å². The van der Waals surface area contributed by atoms with Crippen molar-refractivity contribution in [3.05, 3.63) is 35.4 Å². The van der Waals surface area contributed by atoms with Crippen molar-refractivity contribution < 1.29 is 14.7 Å². The Morgan fingerprint density at radius 1 is 1.21 bits per heavy atom. The van der Waals surface area contributed by atoms with Gasteiger partial charge < -0.3 is 10.4 Å². The summed E-state index contributed by atoms with van der Waals surface area (Å²) in [6, 6.07) is 6.73. The molecule has 0 saturated heterocycles. The molecule has 0 saturated carbocycles. The summed E-state index contributed by atoms with van der Waals surface area (Å²) in [7, 11) is 0. The Bertz CT molecular complexity index is 454. The summed E-state index contributed by atoms with van der Waals surface area (Å²) in [5.74, 6) is -0.240. The molecule has 0 bridgehead atoms. The van der Waals surface area contributed by atoms with Gasteiger partial charge in [-0.15, -0.1) is 0 Å². The molecule has 1 aromatic carbocycles. The van der Waals surface area contributed by atoms with E-state index in [2.05, 4.69) is 5.32 Å². The number of nitrogens with one attached hydrogen (secondary N) is 1. The first kappa shape index (κ1) is 15.4. The lowest BCUT2D eigenvalue weighted by Gasteiger charge is -2.14. The van der Waals surface area contributed by atoms with Crippen LogP contribution in [0.4, 0.5) is 0 Å². The molecule has 0 spiro atoms. The number of carbonyl (C=O) groups is 2. The second-order valence-electron chi connectivity index (χ2n) is 4.96. The zero-order chi connectivity index (χ0) is 14.4. The number of rotatable bonds is 6. The van der Waals surface area contributed by atoms with Gasteiger partial charge in [-0.25, -0.2) is 0 Å². The highest BCUT2D eigenvalue weighted by Gasteiger charge is 2.14. The third-order valence-electron chi connectivity index (χ3n) is 3.05. The van der Waals surface area contributed by atoms with E-state index < -0.39 is 6.10 Å². The maximum absolute atomic E-state index is 12.0. The van der Waals surface area contributed by atoms with Crippen LogP contribution in [0.2, 0.25) is 0 Å². The van der Waals surface area contributed by atoms with Gasteiger partial charge in [0, 0.05) is 12.1 Å². The van der Waals surface area contributed by atoms with Crippen molar-refractivity contribution in [2.75, 3.05) is 6.54 Å². The molecule has 0 aliphatic rings. The predicted octanol–water partition coefficient (Wildman–Crippen LogP) is 2.03. The second kappa shape index (κ2) is 7.04. The van der Waals surface area contributed by atoms with Gasteiger partial charge in [-0.05, 0) is 25.3 Å². The molecule has 1 unspecified atom stereocenters. The standard InChI is InChI=1S/C15H21NO3/c1-10(2)14(18)8-9-16-15(19)13-7-5-4-6-12(13)11(3)17/h4-7,10,14,18H,8-9H2,1-3H3,(H,16,19). The summed E-state index contributed by atoms with van der Waals surface area (Å²) in [5, 5.41) is 12.4. The molecule has 0 heterocycles. The van der Waals surface area contributed by atoms with Crippen LogP contribution in [-0.4, -0.2) is 29.4 Å². The normalized spacial score (nSPS) is 12.3. The highest BCUT2D eigenvalue weighted by Crippen LogP contribution is 2.10. The average Bonchev–Trinajstić information content (AvgIpc) is 2.38. The van der Waals surface area contributed by atoms with Crippen molar-refractivity contribution in [2.24, 2.45) is 5.92 Å². The van der Waals surface area contributed by atoms with Crippen LogP contribution in [0.15, 0.2) is 24.3 Å². The molecule has 4 heteroatoms. The average molecular weight is 263 g/mol. The lowest BCUT2D eigenvalue weighted by Crippen LogP contribution is -2.29. The lowest BCUT2D eigenvalue weighted by molar-refractivity contribution is 0.0909. The van der Waals surface area contributed by atoms with Crippen LogP contribution < -0.4 is 5.32 Å². The summed E-state index contributed by atoms with van der Waals surface area (Å²) in [6.07, 6.45) is 0.0781. The Morgan fingerprint density at radius 2 is 1.79 bits per heavy atom. The zero-order valence-corrected chi connectivity index (χ0v) is 11.6. The smallest absolute Gasteiger partial charge is 0.252 e. The van der Waals surface area contributed by atoms with Crippen molar-refractivity contribution in [3.8, 4) is 0 Å². The zero-order valence-electron chi connectivity index (χ0n) is 11.6. The number of carbonyl (C=O) groups excluding carboxylic acids is 2. The van der Waals surface area contributed by atoms with E-state index in [1.54, 1.807) is 24.3 Å². The molecule has 4 nitrogen and oxygen atoms in total. The Kier molecular flexibility index (Phi) is 5.70. The minimum absolute atomic E-state index is 0.132. The van der Waals surface area contributed by atoms with Gasteiger partial charge in [0.2, 0.25) is 0 Å². The monoisotopic (exact) mass is 263 g/mol. The second-order valence-corrected chi connectivity index (χ2v) is 4.96. The van der Waals surface area contributed by atoms with Crippen LogP contribution in [-0.2, 0) is 0 Å². The first-order valence-corrected chi connectivity index (χ1v) is 6.49. The fourth-order valence-corrected chi connectivity index (χ4v) is 1.75. The van der Waals surface area contributed by atoms with Gasteiger partial charge in [-0.3, -0.25) is 9.59 Å². The van der Waals surface area contributed by atoms with Gasteiger partial charge in [0.25, 0.3) is 5.91 Å². The van der Waals surface area contributed by atoms with E-state index in [9.17, 15) is 14.7 Å². The molecule has 1 rings (SSSR count). The number of ketones is 1. The molecule has 2 N–H and O–H groups in total. The van der Waals surface area contributed by atoms with E-state index in [1.165, 1.54) is 6.92 Å². The van der Waals surface area contributed by atoms with Crippen molar-refractivity contribution in [1.82, 2.24) is 5.32 Å². The minimum atomic E-state index is -0.427. The SMILES string of the molecule is CC(=O)c1ccccc1C(=O)NCCC(O)C(C)C. The summed E-state index contributed by atoms with van der Waals surface area (Å²) in [5.41, 5.74) is 0.804. The van der Waals surface area contributed by atoms with E-state index in [-0.39, 0.29) is 17.6 Å². The number of Topliss-reactive ketones (excluding diaryl/α,β-unsaturated/α-hetero) is 1. The number of aliphatic hydroxyl groups excluding tert-OH is 1. The maximum Gasteiger partial charge on any atom is 0.252 e. The Labute approximate surface area is 113 Å². The van der Waals surface area contributed by atoms with Gasteiger partial charge in [0.05, 0.1) is 11.7 Å². The molecule has 0 aliphatic carbocycles. The topological polar surface area (TPSA) is 66.4 Å². The van der Waals surface area contributed by atoms with Gasteiger partial charge in [-0.2, -0.15) is 0 Å². The maximum atomic E-state index is 12.0. The fourth-order valence-electron chi connectivity index (χ4n) is 1.75. The van der Waals surface area contributed by atoms with Crippen molar-refractivity contribution >= 4 is 11.7 Å². The van der Waals surface area contributed by atoms with E-state index in [4.69, 9.17) is 0 Å². The molecule has 0 aliphatic heterocycles. The van der Waals surface area contributed by atoms with Gasteiger partial charge in [0.1, 0.15) is 0 Å². The quantitative estimate of drug-likeness (QED) is 0.772. The summed E-state index contributed by atoms with van der Waals surface area (Å²) in [4.78, 5) is 23.4. The molecule has 0 radical (unpaired) electrons.